The number of allylic oxidation sites excluding steroid dienone is 16. The summed E-state index contributed by atoms with van der Waals surface area (Å²) in [6.45, 7) is 6.55. The minimum atomic E-state index is -0.808. The van der Waals surface area contributed by atoms with Crippen LogP contribution in [-0.4, -0.2) is 37.2 Å². The van der Waals surface area contributed by atoms with Crippen LogP contribution in [0.25, 0.3) is 0 Å². The highest BCUT2D eigenvalue weighted by Crippen LogP contribution is 2.16. The quantitative estimate of drug-likeness (QED) is 0.0261. The van der Waals surface area contributed by atoms with E-state index < -0.39 is 6.10 Å². The third kappa shape index (κ3) is 59.1. The normalized spacial score (nSPS) is 12.8. The summed E-state index contributed by atoms with van der Waals surface area (Å²) < 4.78 is 16.9. The molecule has 6 heteroatoms. The van der Waals surface area contributed by atoms with Gasteiger partial charge in [-0.1, -0.05) is 259 Å². The SMILES string of the molecule is CCCCC/C=C\C/C=C\C/C=C\C/C=C\CCCCCC(=O)OC[C@@H](COC(=O)CCCCCCCCCCCCCCCCCCC)OC(=O)CCCCC/C=C\C/C=C\C/C=C\C/C=C\CCCCC. The molecule has 0 aliphatic rings. The van der Waals surface area contributed by atoms with Gasteiger partial charge in [0.25, 0.3) is 0 Å². The minimum Gasteiger partial charge on any atom is -0.462 e. The number of esters is 3. The minimum absolute atomic E-state index is 0.0993. The molecule has 0 spiro atoms. The second kappa shape index (κ2) is 60.9. The van der Waals surface area contributed by atoms with Crippen LogP contribution in [0.5, 0.6) is 0 Å². The average Bonchev–Trinajstić information content (AvgIpc) is 3.39. The van der Waals surface area contributed by atoms with Gasteiger partial charge in [0.05, 0.1) is 0 Å². The van der Waals surface area contributed by atoms with Crippen molar-refractivity contribution in [2.75, 3.05) is 13.2 Å². The molecule has 418 valence electrons. The van der Waals surface area contributed by atoms with E-state index in [1.54, 1.807) is 0 Å². The molecule has 6 nitrogen and oxygen atoms in total. The van der Waals surface area contributed by atoms with E-state index in [-0.39, 0.29) is 37.5 Å². The summed E-state index contributed by atoms with van der Waals surface area (Å²) in [4.78, 5) is 38.3. The molecule has 0 aromatic heterocycles. The third-order valence-corrected chi connectivity index (χ3v) is 13.1. The summed E-state index contributed by atoms with van der Waals surface area (Å²) in [5.74, 6) is -0.954. The first-order valence-corrected chi connectivity index (χ1v) is 30.7. The van der Waals surface area contributed by atoms with Crippen LogP contribution in [-0.2, 0) is 28.6 Å². The number of rotatable bonds is 55. The van der Waals surface area contributed by atoms with Crippen molar-refractivity contribution in [1.29, 1.82) is 0 Å². The lowest BCUT2D eigenvalue weighted by atomic mass is 10.0. The zero-order valence-corrected chi connectivity index (χ0v) is 47.9. The highest BCUT2D eigenvalue weighted by atomic mass is 16.6. The molecule has 0 heterocycles. The largest absolute Gasteiger partial charge is 0.462 e. The van der Waals surface area contributed by atoms with Gasteiger partial charge in [-0.3, -0.25) is 14.4 Å². The summed E-state index contributed by atoms with van der Waals surface area (Å²) in [5.41, 5.74) is 0. The summed E-state index contributed by atoms with van der Waals surface area (Å²) in [6.07, 6.45) is 81.1. The molecule has 0 bridgehead atoms. The van der Waals surface area contributed by atoms with Gasteiger partial charge in [0.1, 0.15) is 13.2 Å². The van der Waals surface area contributed by atoms with Gasteiger partial charge in [-0.25, -0.2) is 0 Å². The standard InChI is InChI=1S/C67H114O6/c1-4-7-10-13-16-19-22-25-28-31-33-36-39-42-45-48-51-54-57-60-66(69)72-63-64(62-71-65(68)59-56-53-50-47-44-41-38-35-30-27-24-21-18-15-12-9-6-3)73-67(70)61-58-55-52-49-46-43-40-37-34-32-29-26-23-20-17-14-11-8-5-2/h16-17,19-20,25-26,28-29,33-34,36-37,42-43,45-46,64H,4-15,18,21-24,27,30-32,35,38-41,44,47-63H2,1-3H3/b19-16-,20-17-,28-25-,29-26-,36-33-,37-34-,45-42-,46-43-/t64-/m1/s1. The Bertz CT molecular complexity index is 1440. The van der Waals surface area contributed by atoms with Gasteiger partial charge in [0.2, 0.25) is 0 Å². The number of unbranched alkanes of at least 4 members (excludes halogenated alkanes) is 28. The zero-order valence-electron chi connectivity index (χ0n) is 47.9. The Balaban J connectivity index is 4.50. The molecule has 0 amide bonds. The summed E-state index contributed by atoms with van der Waals surface area (Å²) in [6, 6.07) is 0. The Morgan fingerprint density at radius 2 is 0.493 bits per heavy atom. The monoisotopic (exact) mass is 1010 g/mol. The van der Waals surface area contributed by atoms with Crippen LogP contribution >= 0.6 is 0 Å². The topological polar surface area (TPSA) is 78.9 Å². The van der Waals surface area contributed by atoms with Crippen molar-refractivity contribution in [2.24, 2.45) is 0 Å². The summed E-state index contributed by atoms with van der Waals surface area (Å²) in [7, 11) is 0. The number of carbonyl (C=O) groups is 3. The lowest BCUT2D eigenvalue weighted by molar-refractivity contribution is -0.167. The number of carbonyl (C=O) groups excluding carboxylic acids is 3. The summed E-state index contributed by atoms with van der Waals surface area (Å²) >= 11 is 0. The molecular formula is C67H114O6. The summed E-state index contributed by atoms with van der Waals surface area (Å²) in [5, 5.41) is 0. The van der Waals surface area contributed by atoms with Crippen LogP contribution in [0.3, 0.4) is 0 Å². The maximum atomic E-state index is 12.9. The first-order chi connectivity index (χ1) is 36.0. The van der Waals surface area contributed by atoms with Gasteiger partial charge in [0.15, 0.2) is 6.10 Å². The molecule has 73 heavy (non-hydrogen) atoms. The van der Waals surface area contributed by atoms with Crippen LogP contribution in [0.1, 0.15) is 290 Å². The number of hydrogen-bond donors (Lipinski definition) is 0. The number of hydrogen-bond acceptors (Lipinski definition) is 6. The van der Waals surface area contributed by atoms with Crippen molar-refractivity contribution < 1.29 is 28.6 Å². The van der Waals surface area contributed by atoms with Gasteiger partial charge in [0, 0.05) is 19.3 Å². The maximum absolute atomic E-state index is 12.9. The van der Waals surface area contributed by atoms with Gasteiger partial charge in [-0.2, -0.15) is 0 Å². The van der Waals surface area contributed by atoms with Gasteiger partial charge in [-0.05, 0) is 109 Å². The van der Waals surface area contributed by atoms with E-state index in [0.29, 0.717) is 12.8 Å². The lowest BCUT2D eigenvalue weighted by Gasteiger charge is -2.18. The van der Waals surface area contributed by atoms with Crippen molar-refractivity contribution in [1.82, 2.24) is 0 Å². The molecule has 0 rings (SSSR count). The van der Waals surface area contributed by atoms with E-state index in [1.165, 1.54) is 141 Å². The van der Waals surface area contributed by atoms with Crippen LogP contribution in [0.4, 0.5) is 0 Å². The van der Waals surface area contributed by atoms with Crippen LogP contribution in [0, 0.1) is 0 Å². The van der Waals surface area contributed by atoms with Crippen LogP contribution < -0.4 is 0 Å². The van der Waals surface area contributed by atoms with Gasteiger partial charge < -0.3 is 14.2 Å². The first-order valence-electron chi connectivity index (χ1n) is 30.7. The smallest absolute Gasteiger partial charge is 0.306 e. The van der Waals surface area contributed by atoms with E-state index >= 15 is 0 Å². The molecule has 0 saturated carbocycles. The molecule has 0 aromatic rings. The Labute approximate surface area is 451 Å². The predicted octanol–water partition coefficient (Wildman–Crippen LogP) is 20.9. The van der Waals surface area contributed by atoms with Gasteiger partial charge >= 0.3 is 17.9 Å². The van der Waals surface area contributed by atoms with Crippen molar-refractivity contribution in [2.45, 2.75) is 297 Å². The fourth-order valence-electron chi connectivity index (χ4n) is 8.41. The van der Waals surface area contributed by atoms with Crippen molar-refractivity contribution in [3.8, 4) is 0 Å². The fourth-order valence-corrected chi connectivity index (χ4v) is 8.41. The Morgan fingerprint density at radius 1 is 0.274 bits per heavy atom. The second-order valence-electron chi connectivity index (χ2n) is 20.3. The van der Waals surface area contributed by atoms with Crippen molar-refractivity contribution >= 4 is 17.9 Å². The van der Waals surface area contributed by atoms with Crippen molar-refractivity contribution in [3.05, 3.63) is 97.2 Å². The molecule has 0 aromatic carbocycles. The lowest BCUT2D eigenvalue weighted by Crippen LogP contribution is -2.30. The molecule has 0 saturated heterocycles. The van der Waals surface area contributed by atoms with Crippen LogP contribution in [0.15, 0.2) is 97.2 Å². The molecule has 0 fully saturated rings. The van der Waals surface area contributed by atoms with E-state index in [2.05, 4.69) is 118 Å². The van der Waals surface area contributed by atoms with Gasteiger partial charge in [-0.15, -0.1) is 0 Å². The van der Waals surface area contributed by atoms with E-state index in [4.69, 9.17) is 14.2 Å². The molecule has 0 unspecified atom stereocenters. The number of ether oxygens (including phenoxy) is 3. The Morgan fingerprint density at radius 3 is 0.795 bits per heavy atom. The Kier molecular flexibility index (Phi) is 57.8. The second-order valence-corrected chi connectivity index (χ2v) is 20.3. The molecule has 0 aliphatic carbocycles. The van der Waals surface area contributed by atoms with E-state index in [9.17, 15) is 14.4 Å². The van der Waals surface area contributed by atoms with E-state index in [0.717, 1.165) is 109 Å². The first kappa shape index (κ1) is 69.3. The third-order valence-electron chi connectivity index (χ3n) is 13.1. The fraction of sp³-hybridized carbons (Fsp3) is 0.716. The molecule has 0 N–H and O–H groups in total. The van der Waals surface area contributed by atoms with E-state index in [1.807, 2.05) is 0 Å². The van der Waals surface area contributed by atoms with Crippen molar-refractivity contribution in [3.63, 3.8) is 0 Å². The molecular weight excluding hydrogens is 901 g/mol. The molecule has 0 radical (unpaired) electrons. The maximum Gasteiger partial charge on any atom is 0.306 e. The predicted molar refractivity (Wildman–Crippen MR) is 316 cm³/mol. The Hall–Kier alpha value is -3.67. The molecule has 1 atom stereocenters. The highest BCUT2D eigenvalue weighted by molar-refractivity contribution is 5.71. The van der Waals surface area contributed by atoms with Crippen LogP contribution in [0.2, 0.25) is 0 Å². The average molecular weight is 1020 g/mol. The zero-order chi connectivity index (χ0) is 52.9. The molecule has 0 aliphatic heterocycles. The highest BCUT2D eigenvalue weighted by Gasteiger charge is 2.19.